The fourth-order valence-corrected chi connectivity index (χ4v) is 2.04. The van der Waals surface area contributed by atoms with Crippen molar-refractivity contribution in [2.24, 2.45) is 0 Å². The minimum atomic E-state index is -0.111. The predicted octanol–water partition coefficient (Wildman–Crippen LogP) is 2.40. The van der Waals surface area contributed by atoms with Crippen LogP contribution in [0.25, 0.3) is 11.2 Å². The SMILES string of the molecule is CCCCC(OC)n1cnc2c(N)nc(Cl)nc21. The number of ether oxygens (including phenoxy) is 1. The molecule has 18 heavy (non-hydrogen) atoms. The van der Waals surface area contributed by atoms with Crippen LogP contribution < -0.4 is 5.73 Å². The number of nitrogens with zero attached hydrogens (tertiary/aromatic N) is 4. The first-order valence-electron chi connectivity index (χ1n) is 5.85. The second-order valence-corrected chi connectivity index (χ2v) is 4.37. The van der Waals surface area contributed by atoms with Crippen LogP contribution in [0.3, 0.4) is 0 Å². The van der Waals surface area contributed by atoms with Gasteiger partial charge in [-0.3, -0.25) is 4.57 Å². The number of hydrogen-bond donors (Lipinski definition) is 1. The maximum absolute atomic E-state index is 5.82. The van der Waals surface area contributed by atoms with Gasteiger partial charge in [-0.05, 0) is 24.4 Å². The molecule has 6 nitrogen and oxygen atoms in total. The van der Waals surface area contributed by atoms with Gasteiger partial charge in [-0.2, -0.15) is 9.97 Å². The molecule has 0 aliphatic carbocycles. The average Bonchev–Trinajstić information content (AvgIpc) is 2.74. The normalized spacial score (nSPS) is 13.1. The lowest BCUT2D eigenvalue weighted by Gasteiger charge is -2.16. The van der Waals surface area contributed by atoms with Crippen molar-refractivity contribution in [1.29, 1.82) is 0 Å². The third kappa shape index (κ3) is 2.39. The lowest BCUT2D eigenvalue weighted by Crippen LogP contribution is -2.11. The molecule has 0 aromatic carbocycles. The van der Waals surface area contributed by atoms with Crippen molar-refractivity contribution in [2.75, 3.05) is 12.8 Å². The molecule has 0 bridgehead atoms. The summed E-state index contributed by atoms with van der Waals surface area (Å²) in [7, 11) is 1.66. The zero-order valence-electron chi connectivity index (χ0n) is 10.4. The summed E-state index contributed by atoms with van der Waals surface area (Å²) in [5.74, 6) is 0.286. The smallest absolute Gasteiger partial charge is 0.226 e. The molecule has 0 amide bonds. The van der Waals surface area contributed by atoms with E-state index in [9.17, 15) is 0 Å². The number of nitrogens with two attached hydrogens (primary N) is 1. The average molecular weight is 270 g/mol. The molecular weight excluding hydrogens is 254 g/mol. The lowest BCUT2D eigenvalue weighted by atomic mass is 10.2. The van der Waals surface area contributed by atoms with Gasteiger partial charge >= 0.3 is 0 Å². The molecule has 2 rings (SSSR count). The van der Waals surface area contributed by atoms with Crippen LogP contribution in [-0.2, 0) is 4.74 Å². The number of anilines is 1. The van der Waals surface area contributed by atoms with Gasteiger partial charge in [0.15, 0.2) is 11.5 Å². The second kappa shape index (κ2) is 5.49. The standard InChI is InChI=1S/C11H16ClN5O/c1-3-4-5-7(18-2)17-6-14-8-9(13)15-11(12)16-10(8)17/h6-7H,3-5H2,1-2H3,(H2,13,15,16). The number of nitrogen functional groups attached to an aromatic ring is 1. The first kappa shape index (κ1) is 13.0. The van der Waals surface area contributed by atoms with Crippen molar-refractivity contribution >= 4 is 28.6 Å². The van der Waals surface area contributed by atoms with Gasteiger partial charge < -0.3 is 10.5 Å². The highest BCUT2D eigenvalue weighted by atomic mass is 35.5. The van der Waals surface area contributed by atoms with E-state index in [1.54, 1.807) is 13.4 Å². The van der Waals surface area contributed by atoms with Crippen LogP contribution in [0.2, 0.25) is 5.28 Å². The van der Waals surface area contributed by atoms with E-state index >= 15 is 0 Å². The first-order chi connectivity index (χ1) is 8.67. The minimum Gasteiger partial charge on any atom is -0.382 e. The van der Waals surface area contributed by atoms with Crippen LogP contribution >= 0.6 is 11.6 Å². The molecule has 0 saturated heterocycles. The van der Waals surface area contributed by atoms with Crippen molar-refractivity contribution in [3.63, 3.8) is 0 Å². The molecule has 1 unspecified atom stereocenters. The summed E-state index contributed by atoms with van der Waals surface area (Å²) in [6.07, 6.45) is 4.60. The van der Waals surface area contributed by atoms with Crippen molar-refractivity contribution in [3.8, 4) is 0 Å². The van der Waals surface area contributed by atoms with Gasteiger partial charge in [0.2, 0.25) is 5.28 Å². The van der Waals surface area contributed by atoms with Crippen molar-refractivity contribution in [3.05, 3.63) is 11.6 Å². The Labute approximate surface area is 110 Å². The van der Waals surface area contributed by atoms with Crippen LogP contribution in [0.15, 0.2) is 6.33 Å². The highest BCUT2D eigenvalue weighted by molar-refractivity contribution is 6.28. The van der Waals surface area contributed by atoms with Gasteiger partial charge in [-0.1, -0.05) is 13.3 Å². The molecule has 2 aromatic heterocycles. The van der Waals surface area contributed by atoms with Gasteiger partial charge in [-0.25, -0.2) is 4.98 Å². The van der Waals surface area contributed by atoms with E-state index in [4.69, 9.17) is 22.1 Å². The first-order valence-corrected chi connectivity index (χ1v) is 6.23. The number of rotatable bonds is 5. The Bertz CT molecular complexity index is 541. The molecule has 0 spiro atoms. The molecule has 0 fully saturated rings. The summed E-state index contributed by atoms with van der Waals surface area (Å²) in [5, 5.41) is 0.118. The van der Waals surface area contributed by atoms with E-state index in [1.165, 1.54) is 0 Å². The Morgan fingerprint density at radius 3 is 2.94 bits per heavy atom. The number of fused-ring (bicyclic) bond motifs is 1. The van der Waals surface area contributed by atoms with Crippen molar-refractivity contribution in [1.82, 2.24) is 19.5 Å². The predicted molar refractivity (Wildman–Crippen MR) is 70.3 cm³/mol. The highest BCUT2D eigenvalue weighted by Gasteiger charge is 2.16. The largest absolute Gasteiger partial charge is 0.382 e. The summed E-state index contributed by atoms with van der Waals surface area (Å²) >= 11 is 5.82. The number of hydrogen-bond acceptors (Lipinski definition) is 5. The fraction of sp³-hybridized carbons (Fsp3) is 0.545. The Kier molecular flexibility index (Phi) is 3.98. The summed E-state index contributed by atoms with van der Waals surface area (Å²) in [6.45, 7) is 2.13. The zero-order valence-corrected chi connectivity index (χ0v) is 11.2. The zero-order chi connectivity index (χ0) is 13.1. The summed E-state index contributed by atoms with van der Waals surface area (Å²) in [6, 6.07) is 0. The Morgan fingerprint density at radius 1 is 1.50 bits per heavy atom. The van der Waals surface area contributed by atoms with E-state index in [-0.39, 0.29) is 17.3 Å². The van der Waals surface area contributed by atoms with Gasteiger partial charge in [0, 0.05) is 7.11 Å². The van der Waals surface area contributed by atoms with E-state index in [0.29, 0.717) is 11.2 Å². The number of methoxy groups -OCH3 is 1. The van der Waals surface area contributed by atoms with E-state index in [1.807, 2.05) is 4.57 Å². The molecule has 98 valence electrons. The quantitative estimate of drug-likeness (QED) is 0.843. The minimum absolute atomic E-state index is 0.111. The number of imidazole rings is 1. The number of unbranched alkanes of at least 4 members (excludes halogenated alkanes) is 1. The van der Waals surface area contributed by atoms with Crippen LogP contribution in [-0.4, -0.2) is 26.6 Å². The molecule has 0 aliphatic heterocycles. The van der Waals surface area contributed by atoms with Crippen molar-refractivity contribution < 1.29 is 4.74 Å². The maximum atomic E-state index is 5.82. The van der Waals surface area contributed by atoms with E-state index < -0.39 is 0 Å². The summed E-state index contributed by atoms with van der Waals surface area (Å²) in [5.41, 5.74) is 6.92. The summed E-state index contributed by atoms with van der Waals surface area (Å²) < 4.78 is 7.31. The van der Waals surface area contributed by atoms with Crippen LogP contribution in [0.1, 0.15) is 32.4 Å². The Balaban J connectivity index is 2.43. The van der Waals surface area contributed by atoms with Gasteiger partial charge in [0.05, 0.1) is 6.33 Å². The topological polar surface area (TPSA) is 78.9 Å². The number of aromatic nitrogens is 4. The molecule has 2 heterocycles. The van der Waals surface area contributed by atoms with Crippen LogP contribution in [0.5, 0.6) is 0 Å². The molecule has 2 N–H and O–H groups in total. The maximum Gasteiger partial charge on any atom is 0.226 e. The lowest BCUT2D eigenvalue weighted by molar-refractivity contribution is 0.0379. The molecular formula is C11H16ClN5O. The molecule has 2 aromatic rings. The third-order valence-electron chi connectivity index (χ3n) is 2.81. The Hall–Kier alpha value is -1.40. The van der Waals surface area contributed by atoms with Crippen molar-refractivity contribution in [2.45, 2.75) is 32.4 Å². The van der Waals surface area contributed by atoms with Gasteiger partial charge in [0.1, 0.15) is 11.7 Å². The third-order valence-corrected chi connectivity index (χ3v) is 2.98. The van der Waals surface area contributed by atoms with Gasteiger partial charge in [-0.15, -0.1) is 0 Å². The second-order valence-electron chi connectivity index (χ2n) is 4.03. The molecule has 1 atom stereocenters. The fourth-order valence-electron chi connectivity index (χ4n) is 1.87. The molecule has 0 saturated carbocycles. The van der Waals surface area contributed by atoms with Crippen LogP contribution in [0.4, 0.5) is 5.82 Å². The highest BCUT2D eigenvalue weighted by Crippen LogP contribution is 2.24. The van der Waals surface area contributed by atoms with E-state index in [0.717, 1.165) is 19.3 Å². The van der Waals surface area contributed by atoms with E-state index in [2.05, 4.69) is 21.9 Å². The van der Waals surface area contributed by atoms with Gasteiger partial charge in [0.25, 0.3) is 0 Å². The molecule has 0 radical (unpaired) electrons. The Morgan fingerprint density at radius 2 is 2.28 bits per heavy atom. The monoisotopic (exact) mass is 269 g/mol. The van der Waals surface area contributed by atoms with Crippen LogP contribution in [0, 0.1) is 0 Å². The summed E-state index contributed by atoms with van der Waals surface area (Å²) in [4.78, 5) is 12.3. The molecule has 7 heteroatoms. The number of halogens is 1. The molecule has 0 aliphatic rings.